The van der Waals surface area contributed by atoms with Gasteiger partial charge < -0.3 is 10.2 Å². The number of sulfonamides is 1. The molecular formula is C18H19ClN4O4S. The van der Waals surface area contributed by atoms with Crippen molar-refractivity contribution in [3.05, 3.63) is 53.6 Å². The highest BCUT2D eigenvalue weighted by Crippen LogP contribution is 2.23. The van der Waals surface area contributed by atoms with Gasteiger partial charge in [-0.2, -0.15) is 0 Å². The van der Waals surface area contributed by atoms with Crippen LogP contribution < -0.4 is 14.9 Å². The van der Waals surface area contributed by atoms with Crippen LogP contribution in [0.1, 0.15) is 0 Å². The van der Waals surface area contributed by atoms with Gasteiger partial charge in [-0.25, -0.2) is 13.2 Å². The topological polar surface area (TPSA) is 98.8 Å². The molecule has 10 heteroatoms. The lowest BCUT2D eigenvalue weighted by Crippen LogP contribution is -2.37. The van der Waals surface area contributed by atoms with E-state index in [4.69, 9.17) is 11.6 Å². The standard InChI is InChI=1S/C18H19ClN4O4S/c1-28(26,27)21-15-6-3-5-14(11-15)20-17(24)12-22-8-9-23(18(22)25)16-7-2-4-13(19)10-16/h2-7,10-11,21H,8-9,12H2,1H3,(H,20,24). The number of benzene rings is 2. The van der Waals surface area contributed by atoms with Gasteiger partial charge in [-0.05, 0) is 36.4 Å². The number of carbonyl (C=O) groups is 2. The fourth-order valence-corrected chi connectivity index (χ4v) is 3.60. The number of rotatable bonds is 6. The summed E-state index contributed by atoms with van der Waals surface area (Å²) in [4.78, 5) is 27.9. The molecule has 1 saturated heterocycles. The zero-order valence-corrected chi connectivity index (χ0v) is 16.6. The van der Waals surface area contributed by atoms with Crippen LogP contribution in [0.15, 0.2) is 48.5 Å². The number of urea groups is 1. The summed E-state index contributed by atoms with van der Waals surface area (Å²) in [6.45, 7) is 0.758. The monoisotopic (exact) mass is 422 g/mol. The number of carbonyl (C=O) groups excluding carboxylic acids is 2. The minimum Gasteiger partial charge on any atom is -0.324 e. The predicted molar refractivity (Wildman–Crippen MR) is 109 cm³/mol. The number of nitrogens with one attached hydrogen (secondary N) is 2. The van der Waals surface area contributed by atoms with Crippen molar-refractivity contribution in [3.63, 3.8) is 0 Å². The van der Waals surface area contributed by atoms with Gasteiger partial charge >= 0.3 is 6.03 Å². The van der Waals surface area contributed by atoms with Gasteiger partial charge in [-0.1, -0.05) is 23.7 Å². The van der Waals surface area contributed by atoms with E-state index in [0.29, 0.717) is 35.2 Å². The molecule has 0 unspecified atom stereocenters. The largest absolute Gasteiger partial charge is 0.325 e. The Kier molecular flexibility index (Phi) is 5.76. The zero-order chi connectivity index (χ0) is 20.3. The smallest absolute Gasteiger partial charge is 0.324 e. The van der Waals surface area contributed by atoms with E-state index in [1.807, 2.05) is 0 Å². The second kappa shape index (κ2) is 8.07. The molecule has 2 N–H and O–H groups in total. The Balaban J connectivity index is 1.61. The third kappa shape index (κ3) is 5.14. The molecule has 28 heavy (non-hydrogen) atoms. The van der Waals surface area contributed by atoms with Crippen LogP contribution >= 0.6 is 11.6 Å². The summed E-state index contributed by atoms with van der Waals surface area (Å²) < 4.78 is 25.0. The molecule has 3 amide bonds. The van der Waals surface area contributed by atoms with Crippen LogP contribution in [0.4, 0.5) is 21.9 Å². The summed E-state index contributed by atoms with van der Waals surface area (Å²) in [5, 5.41) is 3.20. The van der Waals surface area contributed by atoms with Crippen LogP contribution in [0.2, 0.25) is 5.02 Å². The van der Waals surface area contributed by atoms with E-state index in [-0.39, 0.29) is 18.5 Å². The minimum atomic E-state index is -3.41. The average Bonchev–Trinajstić information content (AvgIpc) is 2.94. The molecule has 0 aliphatic carbocycles. The average molecular weight is 423 g/mol. The highest BCUT2D eigenvalue weighted by molar-refractivity contribution is 7.92. The van der Waals surface area contributed by atoms with E-state index in [2.05, 4.69) is 10.0 Å². The number of halogens is 1. The summed E-state index contributed by atoms with van der Waals surface area (Å²) in [6, 6.07) is 13.0. The SMILES string of the molecule is CS(=O)(=O)Nc1cccc(NC(=O)CN2CCN(c3cccc(Cl)c3)C2=O)c1. The molecule has 0 saturated carbocycles. The predicted octanol–water partition coefficient (Wildman–Crippen LogP) is 2.59. The third-order valence-corrected chi connectivity index (χ3v) is 4.84. The maximum Gasteiger partial charge on any atom is 0.325 e. The highest BCUT2D eigenvalue weighted by atomic mass is 35.5. The lowest BCUT2D eigenvalue weighted by atomic mass is 10.3. The van der Waals surface area contributed by atoms with Gasteiger partial charge in [0.05, 0.1) is 11.9 Å². The van der Waals surface area contributed by atoms with Crippen molar-refractivity contribution in [3.8, 4) is 0 Å². The third-order valence-electron chi connectivity index (χ3n) is 4.00. The van der Waals surface area contributed by atoms with Crippen LogP contribution in [0.5, 0.6) is 0 Å². The van der Waals surface area contributed by atoms with Crippen LogP contribution in [-0.4, -0.2) is 51.1 Å². The molecule has 148 valence electrons. The first-order valence-corrected chi connectivity index (χ1v) is 10.7. The molecule has 1 heterocycles. The first kappa shape index (κ1) is 20.0. The van der Waals surface area contributed by atoms with Gasteiger partial charge in [0.2, 0.25) is 15.9 Å². The number of hydrogen-bond acceptors (Lipinski definition) is 4. The Morgan fingerprint density at radius 3 is 2.54 bits per heavy atom. The molecule has 2 aromatic rings. The fraction of sp³-hybridized carbons (Fsp3) is 0.222. The van der Waals surface area contributed by atoms with Gasteiger partial charge in [0.15, 0.2) is 0 Å². The van der Waals surface area contributed by atoms with Gasteiger partial charge in [0, 0.05) is 29.5 Å². The molecule has 1 aliphatic rings. The van der Waals surface area contributed by atoms with E-state index < -0.39 is 10.0 Å². The summed E-state index contributed by atoms with van der Waals surface area (Å²) in [6.07, 6.45) is 1.04. The van der Waals surface area contributed by atoms with E-state index in [1.54, 1.807) is 47.4 Å². The van der Waals surface area contributed by atoms with Gasteiger partial charge in [-0.3, -0.25) is 14.4 Å². The Bertz CT molecular complexity index is 1010. The number of nitrogens with zero attached hydrogens (tertiary/aromatic N) is 2. The van der Waals surface area contributed by atoms with E-state index in [9.17, 15) is 18.0 Å². The maximum absolute atomic E-state index is 12.6. The highest BCUT2D eigenvalue weighted by Gasteiger charge is 2.30. The summed E-state index contributed by atoms with van der Waals surface area (Å²) in [7, 11) is -3.41. The Morgan fingerprint density at radius 1 is 1.11 bits per heavy atom. The first-order chi connectivity index (χ1) is 13.2. The summed E-state index contributed by atoms with van der Waals surface area (Å²) in [5.74, 6) is -0.377. The molecule has 3 rings (SSSR count). The van der Waals surface area contributed by atoms with Crippen LogP contribution in [0.3, 0.4) is 0 Å². The molecular weight excluding hydrogens is 404 g/mol. The van der Waals surface area contributed by atoms with Crippen molar-refractivity contribution in [2.24, 2.45) is 0 Å². The normalized spacial score (nSPS) is 14.3. The number of anilines is 3. The van der Waals surface area contributed by atoms with Crippen LogP contribution in [0, 0.1) is 0 Å². The number of hydrogen-bond donors (Lipinski definition) is 2. The van der Waals surface area contributed by atoms with Crippen LogP contribution in [-0.2, 0) is 14.8 Å². The molecule has 1 aliphatic heterocycles. The number of amides is 3. The minimum absolute atomic E-state index is 0.111. The molecule has 0 bridgehead atoms. The molecule has 1 fully saturated rings. The Hall–Kier alpha value is -2.78. The van der Waals surface area contributed by atoms with Crippen molar-refractivity contribution in [2.45, 2.75) is 0 Å². The molecule has 0 radical (unpaired) electrons. The second-order valence-electron chi connectivity index (χ2n) is 6.34. The quantitative estimate of drug-likeness (QED) is 0.747. The van der Waals surface area contributed by atoms with Crippen molar-refractivity contribution < 1.29 is 18.0 Å². The molecule has 8 nitrogen and oxygen atoms in total. The lowest BCUT2D eigenvalue weighted by molar-refractivity contribution is -0.116. The van der Waals surface area contributed by atoms with Gasteiger partial charge in [0.25, 0.3) is 0 Å². The van der Waals surface area contributed by atoms with E-state index in [0.717, 1.165) is 6.26 Å². The lowest BCUT2D eigenvalue weighted by Gasteiger charge is -2.18. The van der Waals surface area contributed by atoms with Crippen molar-refractivity contribution >= 4 is 50.6 Å². The van der Waals surface area contributed by atoms with Gasteiger partial charge in [0.1, 0.15) is 6.54 Å². The van der Waals surface area contributed by atoms with E-state index in [1.165, 1.54) is 11.0 Å². The van der Waals surface area contributed by atoms with Crippen molar-refractivity contribution in [1.29, 1.82) is 0 Å². The summed E-state index contributed by atoms with van der Waals surface area (Å²) in [5.41, 5.74) is 1.45. The van der Waals surface area contributed by atoms with E-state index >= 15 is 0 Å². The van der Waals surface area contributed by atoms with Crippen molar-refractivity contribution in [2.75, 3.05) is 40.8 Å². The molecule has 0 atom stereocenters. The van der Waals surface area contributed by atoms with Crippen LogP contribution in [0.25, 0.3) is 0 Å². The molecule has 0 aromatic heterocycles. The van der Waals surface area contributed by atoms with Gasteiger partial charge in [-0.15, -0.1) is 0 Å². The van der Waals surface area contributed by atoms with Crippen molar-refractivity contribution in [1.82, 2.24) is 4.90 Å². The zero-order valence-electron chi connectivity index (χ0n) is 15.1. The maximum atomic E-state index is 12.6. The summed E-state index contributed by atoms with van der Waals surface area (Å²) >= 11 is 5.98. The molecule has 0 spiro atoms. The molecule has 2 aromatic carbocycles. The Morgan fingerprint density at radius 2 is 1.82 bits per heavy atom. The second-order valence-corrected chi connectivity index (χ2v) is 8.52. The fourth-order valence-electron chi connectivity index (χ4n) is 2.86. The Labute approximate surface area is 168 Å². The first-order valence-electron chi connectivity index (χ1n) is 8.41.